The zero-order chi connectivity index (χ0) is 12.3. The lowest BCUT2D eigenvalue weighted by Gasteiger charge is -2.19. The summed E-state index contributed by atoms with van der Waals surface area (Å²) in [7, 11) is 0. The van der Waals surface area contributed by atoms with E-state index in [0.29, 0.717) is 18.1 Å². The van der Waals surface area contributed by atoms with Crippen molar-refractivity contribution >= 4 is 22.6 Å². The highest BCUT2D eigenvalue weighted by Gasteiger charge is 2.41. The van der Waals surface area contributed by atoms with Gasteiger partial charge in [0.25, 0.3) is 0 Å². The van der Waals surface area contributed by atoms with Crippen molar-refractivity contribution in [2.24, 2.45) is 5.41 Å². The maximum atomic E-state index is 9.03. The maximum absolute atomic E-state index is 9.03. The van der Waals surface area contributed by atoms with Crippen LogP contribution < -0.4 is 5.32 Å². The standard InChI is InChI=1S/C14H20INO/c1-11(12-2-4-13(15)5-3-12)16-10-14(6-7-14)8-9-17/h2-5,11,16-17H,6-10H2,1H3. The molecule has 3 heteroatoms. The van der Waals surface area contributed by atoms with Gasteiger partial charge in [0.2, 0.25) is 0 Å². The first-order valence-electron chi connectivity index (χ1n) is 6.25. The van der Waals surface area contributed by atoms with Crippen molar-refractivity contribution in [2.75, 3.05) is 13.2 Å². The molecule has 1 atom stereocenters. The molecule has 0 amide bonds. The minimum Gasteiger partial charge on any atom is -0.396 e. The minimum absolute atomic E-state index is 0.319. The third-order valence-electron chi connectivity index (χ3n) is 3.75. The topological polar surface area (TPSA) is 32.3 Å². The van der Waals surface area contributed by atoms with Crippen molar-refractivity contribution in [3.63, 3.8) is 0 Å². The van der Waals surface area contributed by atoms with Crippen molar-refractivity contribution < 1.29 is 5.11 Å². The molecular formula is C14H20INO. The molecule has 0 spiro atoms. The Morgan fingerprint density at radius 1 is 1.35 bits per heavy atom. The number of aliphatic hydroxyl groups excluding tert-OH is 1. The second kappa shape index (κ2) is 5.67. The van der Waals surface area contributed by atoms with Gasteiger partial charge in [-0.15, -0.1) is 0 Å². The summed E-state index contributed by atoms with van der Waals surface area (Å²) in [5, 5.41) is 12.6. The van der Waals surface area contributed by atoms with Gasteiger partial charge in [0.15, 0.2) is 0 Å². The van der Waals surface area contributed by atoms with E-state index in [1.807, 2.05) is 0 Å². The highest BCUT2D eigenvalue weighted by Crippen LogP contribution is 2.48. The van der Waals surface area contributed by atoms with Crippen LogP contribution in [0.4, 0.5) is 0 Å². The molecule has 1 aliphatic rings. The number of halogens is 1. The van der Waals surface area contributed by atoms with Crippen LogP contribution >= 0.6 is 22.6 Å². The summed E-state index contributed by atoms with van der Waals surface area (Å²) >= 11 is 2.33. The molecule has 1 fully saturated rings. The second-order valence-electron chi connectivity index (χ2n) is 5.13. The lowest BCUT2D eigenvalue weighted by molar-refractivity contribution is 0.243. The van der Waals surface area contributed by atoms with Crippen LogP contribution in [0.5, 0.6) is 0 Å². The molecule has 94 valence electrons. The summed E-state index contributed by atoms with van der Waals surface area (Å²) in [6.07, 6.45) is 3.47. The molecule has 1 aliphatic carbocycles. The van der Waals surface area contributed by atoms with Gasteiger partial charge in [-0.05, 0) is 71.9 Å². The van der Waals surface area contributed by atoms with E-state index in [2.05, 4.69) is 59.1 Å². The van der Waals surface area contributed by atoms with Crippen molar-refractivity contribution in [1.82, 2.24) is 5.32 Å². The third kappa shape index (κ3) is 3.66. The Labute approximate surface area is 117 Å². The minimum atomic E-state index is 0.319. The Kier molecular flexibility index (Phi) is 4.44. The highest BCUT2D eigenvalue weighted by molar-refractivity contribution is 14.1. The van der Waals surface area contributed by atoms with Gasteiger partial charge in [0, 0.05) is 22.8 Å². The van der Waals surface area contributed by atoms with Gasteiger partial charge in [-0.1, -0.05) is 12.1 Å². The highest BCUT2D eigenvalue weighted by atomic mass is 127. The second-order valence-corrected chi connectivity index (χ2v) is 6.37. The van der Waals surface area contributed by atoms with Gasteiger partial charge in [0.1, 0.15) is 0 Å². The van der Waals surface area contributed by atoms with E-state index in [-0.39, 0.29) is 0 Å². The van der Waals surface area contributed by atoms with E-state index in [1.54, 1.807) is 0 Å². The first-order chi connectivity index (χ1) is 8.15. The van der Waals surface area contributed by atoms with Gasteiger partial charge in [0.05, 0.1) is 0 Å². The van der Waals surface area contributed by atoms with Crippen LogP contribution in [0.3, 0.4) is 0 Å². The van der Waals surface area contributed by atoms with E-state index < -0.39 is 0 Å². The fourth-order valence-corrected chi connectivity index (χ4v) is 2.53. The third-order valence-corrected chi connectivity index (χ3v) is 4.47. The van der Waals surface area contributed by atoms with Crippen LogP contribution in [0.2, 0.25) is 0 Å². The normalized spacial score (nSPS) is 19.0. The molecule has 0 aliphatic heterocycles. The molecule has 1 saturated carbocycles. The quantitative estimate of drug-likeness (QED) is 0.777. The van der Waals surface area contributed by atoms with E-state index in [9.17, 15) is 0 Å². The molecule has 2 nitrogen and oxygen atoms in total. The Morgan fingerprint density at radius 2 is 2.00 bits per heavy atom. The van der Waals surface area contributed by atoms with Gasteiger partial charge in [-0.3, -0.25) is 0 Å². The Morgan fingerprint density at radius 3 is 2.53 bits per heavy atom. The van der Waals surface area contributed by atoms with E-state index in [0.717, 1.165) is 13.0 Å². The molecule has 0 heterocycles. The molecule has 1 unspecified atom stereocenters. The molecule has 2 N–H and O–H groups in total. The molecule has 0 saturated heterocycles. The zero-order valence-corrected chi connectivity index (χ0v) is 12.4. The van der Waals surface area contributed by atoms with Crippen molar-refractivity contribution in [3.8, 4) is 0 Å². The molecule has 0 radical (unpaired) electrons. The number of hydrogen-bond donors (Lipinski definition) is 2. The summed E-state index contributed by atoms with van der Waals surface area (Å²) in [5.41, 5.74) is 1.73. The van der Waals surface area contributed by atoms with Gasteiger partial charge >= 0.3 is 0 Å². The summed E-state index contributed by atoms with van der Waals surface area (Å²) < 4.78 is 1.28. The molecule has 1 aromatic rings. The Balaban J connectivity index is 1.85. The van der Waals surface area contributed by atoms with Gasteiger partial charge in [-0.25, -0.2) is 0 Å². The number of rotatable bonds is 6. The fraction of sp³-hybridized carbons (Fsp3) is 0.571. The van der Waals surface area contributed by atoms with E-state index in [1.165, 1.54) is 22.0 Å². The molecular weight excluding hydrogens is 325 g/mol. The lowest BCUT2D eigenvalue weighted by atomic mass is 10.0. The number of nitrogens with one attached hydrogen (secondary N) is 1. The maximum Gasteiger partial charge on any atom is 0.0436 e. The average Bonchev–Trinajstić information content (AvgIpc) is 3.08. The fourth-order valence-electron chi connectivity index (χ4n) is 2.17. The van der Waals surface area contributed by atoms with E-state index in [4.69, 9.17) is 5.11 Å². The summed E-state index contributed by atoms with van der Waals surface area (Å²) in [6.45, 7) is 3.55. The van der Waals surface area contributed by atoms with Crippen molar-refractivity contribution in [2.45, 2.75) is 32.2 Å². The Hall–Kier alpha value is -0.130. The smallest absolute Gasteiger partial charge is 0.0436 e. The molecule has 1 aromatic carbocycles. The molecule has 0 bridgehead atoms. The van der Waals surface area contributed by atoms with Crippen LogP contribution in [0, 0.1) is 8.99 Å². The average molecular weight is 345 g/mol. The van der Waals surface area contributed by atoms with Crippen LogP contribution in [0.15, 0.2) is 24.3 Å². The van der Waals surface area contributed by atoms with Gasteiger partial charge in [-0.2, -0.15) is 0 Å². The molecule has 0 aromatic heterocycles. The number of benzene rings is 1. The first kappa shape index (κ1) is 13.3. The molecule has 17 heavy (non-hydrogen) atoms. The Bertz CT molecular complexity index is 359. The predicted molar refractivity (Wildman–Crippen MR) is 78.9 cm³/mol. The van der Waals surface area contributed by atoms with Crippen LogP contribution in [0.25, 0.3) is 0 Å². The predicted octanol–water partition coefficient (Wildman–Crippen LogP) is 3.10. The summed E-state index contributed by atoms with van der Waals surface area (Å²) in [6, 6.07) is 9.06. The lowest BCUT2D eigenvalue weighted by Crippen LogP contribution is -2.27. The number of hydrogen-bond acceptors (Lipinski definition) is 2. The van der Waals surface area contributed by atoms with Crippen molar-refractivity contribution in [3.05, 3.63) is 33.4 Å². The monoisotopic (exact) mass is 345 g/mol. The van der Waals surface area contributed by atoms with Crippen LogP contribution in [-0.4, -0.2) is 18.3 Å². The van der Waals surface area contributed by atoms with E-state index >= 15 is 0 Å². The first-order valence-corrected chi connectivity index (χ1v) is 7.33. The van der Waals surface area contributed by atoms with Crippen molar-refractivity contribution in [1.29, 1.82) is 0 Å². The number of aliphatic hydroxyl groups is 1. The molecule has 2 rings (SSSR count). The van der Waals surface area contributed by atoms with Crippen LogP contribution in [0.1, 0.15) is 37.8 Å². The summed E-state index contributed by atoms with van der Waals surface area (Å²) in [5.74, 6) is 0. The van der Waals surface area contributed by atoms with Gasteiger partial charge < -0.3 is 10.4 Å². The largest absolute Gasteiger partial charge is 0.396 e. The SMILES string of the molecule is CC(NCC1(CCO)CC1)c1ccc(I)cc1. The summed E-state index contributed by atoms with van der Waals surface area (Å²) in [4.78, 5) is 0. The zero-order valence-electron chi connectivity index (χ0n) is 10.2. The van der Waals surface area contributed by atoms with Crippen LogP contribution in [-0.2, 0) is 0 Å².